The van der Waals surface area contributed by atoms with Crippen molar-refractivity contribution in [3.63, 3.8) is 0 Å². The first-order valence-electron chi connectivity index (χ1n) is 11.9. The molecule has 1 unspecified atom stereocenters. The number of hydrogen-bond acceptors (Lipinski definition) is 7. The summed E-state index contributed by atoms with van der Waals surface area (Å²) in [6, 6.07) is 10.9. The molecule has 0 aromatic heterocycles. The summed E-state index contributed by atoms with van der Waals surface area (Å²) in [6.07, 6.45) is 2.26. The Bertz CT molecular complexity index is 746. The summed E-state index contributed by atoms with van der Waals surface area (Å²) in [5.74, 6) is -0.156. The minimum Gasteiger partial charge on any atom is -0.469 e. The standard InChI is InChI=1S/C24H36N4O4/c1-31-23(29)9-12-25-13-15-27(16-14-25)18-22-19-28(24(30)32-22)21-7-10-26(11-8-21)17-20-5-3-2-4-6-20/h2-6,21-22H,7-19H2,1H3. The van der Waals surface area contributed by atoms with Crippen LogP contribution < -0.4 is 0 Å². The Hall–Kier alpha value is -2.16. The molecule has 1 aromatic carbocycles. The van der Waals surface area contributed by atoms with Crippen LogP contribution in [0.15, 0.2) is 30.3 Å². The van der Waals surface area contributed by atoms with Crippen molar-refractivity contribution in [2.24, 2.45) is 0 Å². The molecule has 1 aromatic rings. The molecule has 3 aliphatic heterocycles. The molecular formula is C24H36N4O4. The number of benzene rings is 1. The van der Waals surface area contributed by atoms with Crippen LogP contribution in [-0.2, 0) is 20.8 Å². The molecule has 3 fully saturated rings. The molecule has 4 rings (SSSR count). The van der Waals surface area contributed by atoms with Crippen molar-refractivity contribution in [2.45, 2.75) is 38.0 Å². The molecule has 8 nitrogen and oxygen atoms in total. The van der Waals surface area contributed by atoms with Gasteiger partial charge in [-0.2, -0.15) is 0 Å². The molecule has 3 heterocycles. The zero-order valence-corrected chi connectivity index (χ0v) is 19.2. The molecule has 0 N–H and O–H groups in total. The highest BCUT2D eigenvalue weighted by atomic mass is 16.6. The highest BCUT2D eigenvalue weighted by Crippen LogP contribution is 2.24. The Morgan fingerprint density at radius 2 is 1.69 bits per heavy atom. The maximum absolute atomic E-state index is 12.5. The average molecular weight is 445 g/mol. The number of ether oxygens (including phenoxy) is 2. The van der Waals surface area contributed by atoms with E-state index < -0.39 is 0 Å². The van der Waals surface area contributed by atoms with Crippen molar-refractivity contribution < 1.29 is 19.1 Å². The van der Waals surface area contributed by atoms with E-state index in [9.17, 15) is 9.59 Å². The third-order valence-corrected chi connectivity index (χ3v) is 6.94. The van der Waals surface area contributed by atoms with Crippen LogP contribution >= 0.6 is 0 Å². The Labute approximate surface area is 191 Å². The van der Waals surface area contributed by atoms with E-state index in [1.54, 1.807) is 0 Å². The van der Waals surface area contributed by atoms with Gasteiger partial charge in [0.25, 0.3) is 0 Å². The van der Waals surface area contributed by atoms with Crippen molar-refractivity contribution in [1.29, 1.82) is 0 Å². The van der Waals surface area contributed by atoms with Crippen molar-refractivity contribution in [2.75, 3.05) is 66.0 Å². The lowest BCUT2D eigenvalue weighted by atomic mass is 10.0. The highest BCUT2D eigenvalue weighted by Gasteiger charge is 2.38. The fourth-order valence-electron chi connectivity index (χ4n) is 5.00. The van der Waals surface area contributed by atoms with E-state index >= 15 is 0 Å². The van der Waals surface area contributed by atoms with E-state index in [4.69, 9.17) is 9.47 Å². The Kier molecular flexibility index (Phi) is 8.00. The summed E-state index contributed by atoms with van der Waals surface area (Å²) in [5.41, 5.74) is 1.34. The summed E-state index contributed by atoms with van der Waals surface area (Å²) in [7, 11) is 1.43. The van der Waals surface area contributed by atoms with Gasteiger partial charge < -0.3 is 19.3 Å². The molecule has 0 radical (unpaired) electrons. The molecule has 1 atom stereocenters. The number of carbonyl (C=O) groups is 2. The van der Waals surface area contributed by atoms with Gasteiger partial charge in [0.15, 0.2) is 0 Å². The topological polar surface area (TPSA) is 65.6 Å². The number of esters is 1. The molecule has 3 aliphatic rings. The first-order valence-corrected chi connectivity index (χ1v) is 11.9. The van der Waals surface area contributed by atoms with Gasteiger partial charge in [0.2, 0.25) is 0 Å². The summed E-state index contributed by atoms with van der Waals surface area (Å²) in [4.78, 5) is 33.0. The fraction of sp³-hybridized carbons (Fsp3) is 0.667. The number of rotatable bonds is 8. The van der Waals surface area contributed by atoms with Crippen LogP contribution in [0.4, 0.5) is 4.79 Å². The number of likely N-dealkylation sites (tertiary alicyclic amines) is 1. The molecule has 0 bridgehead atoms. The zero-order chi connectivity index (χ0) is 22.3. The second-order valence-electron chi connectivity index (χ2n) is 9.12. The summed E-state index contributed by atoms with van der Waals surface area (Å²) in [5, 5.41) is 0. The van der Waals surface area contributed by atoms with Gasteiger partial charge in [-0.15, -0.1) is 0 Å². The van der Waals surface area contributed by atoms with Crippen molar-refractivity contribution in [3.05, 3.63) is 35.9 Å². The molecule has 0 spiro atoms. The largest absolute Gasteiger partial charge is 0.469 e. The maximum atomic E-state index is 12.5. The SMILES string of the molecule is COC(=O)CCN1CCN(CC2CN(C3CCN(Cc4ccccc4)CC3)C(=O)O2)CC1. The van der Waals surface area contributed by atoms with E-state index in [-0.39, 0.29) is 24.2 Å². The zero-order valence-electron chi connectivity index (χ0n) is 19.2. The average Bonchev–Trinajstić information content (AvgIpc) is 3.19. The number of hydrogen-bond donors (Lipinski definition) is 0. The first kappa shape index (κ1) is 23.0. The Morgan fingerprint density at radius 3 is 2.38 bits per heavy atom. The number of amides is 1. The lowest BCUT2D eigenvalue weighted by molar-refractivity contribution is -0.141. The molecule has 176 valence electrons. The van der Waals surface area contributed by atoms with E-state index in [0.29, 0.717) is 13.0 Å². The van der Waals surface area contributed by atoms with E-state index in [0.717, 1.165) is 71.7 Å². The molecule has 0 aliphatic carbocycles. The summed E-state index contributed by atoms with van der Waals surface area (Å²) >= 11 is 0. The van der Waals surface area contributed by atoms with Crippen molar-refractivity contribution >= 4 is 12.1 Å². The van der Waals surface area contributed by atoms with Gasteiger partial charge in [-0.25, -0.2) is 4.79 Å². The third kappa shape index (κ3) is 6.21. The molecular weight excluding hydrogens is 408 g/mol. The quantitative estimate of drug-likeness (QED) is 0.565. The molecule has 8 heteroatoms. The second-order valence-corrected chi connectivity index (χ2v) is 9.12. The Morgan fingerprint density at radius 1 is 1.00 bits per heavy atom. The second kappa shape index (κ2) is 11.1. The van der Waals surface area contributed by atoms with Gasteiger partial charge >= 0.3 is 12.1 Å². The molecule has 0 saturated carbocycles. The molecule has 3 saturated heterocycles. The minimum atomic E-state index is -0.156. The first-order chi connectivity index (χ1) is 15.6. The third-order valence-electron chi connectivity index (χ3n) is 6.94. The fourth-order valence-corrected chi connectivity index (χ4v) is 5.00. The number of piperazine rings is 1. The summed E-state index contributed by atoms with van der Waals surface area (Å²) < 4.78 is 10.5. The van der Waals surface area contributed by atoms with Gasteiger partial charge in [-0.1, -0.05) is 30.3 Å². The monoisotopic (exact) mass is 444 g/mol. The van der Waals surface area contributed by atoms with Crippen LogP contribution in [0, 0.1) is 0 Å². The van der Waals surface area contributed by atoms with Crippen molar-refractivity contribution in [3.8, 4) is 0 Å². The van der Waals surface area contributed by atoms with E-state index in [2.05, 4.69) is 45.0 Å². The number of cyclic esters (lactones) is 1. The van der Waals surface area contributed by atoms with E-state index in [1.807, 2.05) is 4.90 Å². The minimum absolute atomic E-state index is 0.0496. The lowest BCUT2D eigenvalue weighted by Gasteiger charge is -2.36. The van der Waals surface area contributed by atoms with Gasteiger partial charge in [-0.3, -0.25) is 14.6 Å². The van der Waals surface area contributed by atoms with Crippen LogP contribution in [0.25, 0.3) is 0 Å². The normalized spacial score (nSPS) is 24.0. The number of carbonyl (C=O) groups excluding carboxylic acids is 2. The van der Waals surface area contributed by atoms with Crippen LogP contribution in [-0.4, -0.2) is 110 Å². The molecule has 1 amide bonds. The van der Waals surface area contributed by atoms with Crippen LogP contribution in [0.1, 0.15) is 24.8 Å². The van der Waals surface area contributed by atoms with Crippen LogP contribution in [0.2, 0.25) is 0 Å². The highest BCUT2D eigenvalue weighted by molar-refractivity contribution is 5.70. The van der Waals surface area contributed by atoms with Crippen LogP contribution in [0.3, 0.4) is 0 Å². The smallest absolute Gasteiger partial charge is 0.410 e. The van der Waals surface area contributed by atoms with Gasteiger partial charge in [0.1, 0.15) is 6.10 Å². The maximum Gasteiger partial charge on any atom is 0.410 e. The Balaban J connectivity index is 1.16. The molecule has 32 heavy (non-hydrogen) atoms. The van der Waals surface area contributed by atoms with Gasteiger partial charge in [-0.05, 0) is 18.4 Å². The van der Waals surface area contributed by atoms with E-state index in [1.165, 1.54) is 12.7 Å². The van der Waals surface area contributed by atoms with Gasteiger partial charge in [0, 0.05) is 64.9 Å². The number of nitrogens with zero attached hydrogens (tertiary/aromatic N) is 4. The predicted molar refractivity (Wildman–Crippen MR) is 121 cm³/mol. The van der Waals surface area contributed by atoms with Crippen LogP contribution in [0.5, 0.6) is 0 Å². The predicted octanol–water partition coefficient (Wildman–Crippen LogP) is 1.65. The lowest BCUT2D eigenvalue weighted by Crippen LogP contribution is -2.49. The number of methoxy groups -OCH3 is 1. The van der Waals surface area contributed by atoms with Gasteiger partial charge in [0.05, 0.1) is 20.1 Å². The number of piperidine rings is 1. The summed E-state index contributed by atoms with van der Waals surface area (Å²) in [6.45, 7) is 8.98. The van der Waals surface area contributed by atoms with Crippen molar-refractivity contribution in [1.82, 2.24) is 19.6 Å².